The highest BCUT2D eigenvalue weighted by Gasteiger charge is 2.08. The topological polar surface area (TPSA) is 103 Å². The Kier molecular flexibility index (Phi) is 9.04. The summed E-state index contributed by atoms with van der Waals surface area (Å²) < 4.78 is 16.5. The van der Waals surface area contributed by atoms with Gasteiger partial charge < -0.3 is 14.2 Å². The van der Waals surface area contributed by atoms with Gasteiger partial charge in [0, 0.05) is 12.0 Å². The van der Waals surface area contributed by atoms with E-state index in [9.17, 15) is 14.4 Å². The van der Waals surface area contributed by atoms with E-state index >= 15 is 0 Å². The summed E-state index contributed by atoms with van der Waals surface area (Å²) in [4.78, 5) is 35.4. The van der Waals surface area contributed by atoms with Gasteiger partial charge in [0.05, 0.1) is 0 Å². The number of Topliss-reactive ketones (excluding diaryl/α,β-unsaturated/α-hetero) is 1. The first kappa shape index (κ1) is 24.3. The third-order valence-corrected chi connectivity index (χ3v) is 4.65. The average molecular weight is 463 g/mol. The molecule has 0 atom stereocenters. The van der Waals surface area contributed by atoms with E-state index in [0.717, 1.165) is 5.56 Å². The van der Waals surface area contributed by atoms with E-state index in [1.807, 2.05) is 30.3 Å². The van der Waals surface area contributed by atoms with E-state index in [4.69, 9.17) is 14.2 Å². The Morgan fingerprint density at radius 3 is 1.62 bits per heavy atom. The third kappa shape index (κ3) is 7.98. The molecule has 0 bridgehead atoms. The van der Waals surface area contributed by atoms with Crippen molar-refractivity contribution in [3.05, 3.63) is 90.0 Å². The van der Waals surface area contributed by atoms with E-state index in [1.54, 1.807) is 55.5 Å². The van der Waals surface area contributed by atoms with Crippen LogP contribution in [0.25, 0.3) is 0 Å². The van der Waals surface area contributed by atoms with Gasteiger partial charge >= 0.3 is 0 Å². The number of nitrogens with one attached hydrogen (secondary N) is 2. The summed E-state index contributed by atoms with van der Waals surface area (Å²) in [6.07, 6.45) is 0.417. The molecule has 176 valence electrons. The molecule has 34 heavy (non-hydrogen) atoms. The minimum absolute atomic E-state index is 0.0292. The lowest BCUT2D eigenvalue weighted by Crippen LogP contribution is -2.45. The second-order valence-corrected chi connectivity index (χ2v) is 7.22. The third-order valence-electron chi connectivity index (χ3n) is 4.65. The van der Waals surface area contributed by atoms with E-state index in [1.165, 1.54) is 0 Å². The number of hydrazine groups is 1. The van der Waals surface area contributed by atoms with Gasteiger partial charge in [-0.05, 0) is 54.1 Å². The van der Waals surface area contributed by atoms with Gasteiger partial charge in [0.25, 0.3) is 11.8 Å². The first-order valence-electron chi connectivity index (χ1n) is 10.8. The number of rotatable bonds is 11. The first-order chi connectivity index (χ1) is 16.5. The Balaban J connectivity index is 1.32. The van der Waals surface area contributed by atoms with Crippen LogP contribution in [-0.2, 0) is 16.2 Å². The van der Waals surface area contributed by atoms with Gasteiger partial charge in [-0.3, -0.25) is 25.2 Å². The van der Waals surface area contributed by atoms with Crippen LogP contribution >= 0.6 is 0 Å². The maximum atomic E-state index is 11.9. The minimum Gasteiger partial charge on any atom is -0.489 e. The molecule has 0 aliphatic carbocycles. The van der Waals surface area contributed by atoms with Crippen molar-refractivity contribution >= 4 is 17.6 Å². The average Bonchev–Trinajstić information content (AvgIpc) is 2.89. The molecular formula is C26H26N2O6. The Bertz CT molecular complexity index is 1080. The van der Waals surface area contributed by atoms with E-state index < -0.39 is 11.8 Å². The zero-order chi connectivity index (χ0) is 24.2. The molecule has 3 aromatic carbocycles. The fraction of sp³-hybridized carbons (Fsp3) is 0.192. The molecule has 0 spiro atoms. The van der Waals surface area contributed by atoms with Crippen LogP contribution in [0.1, 0.15) is 29.3 Å². The van der Waals surface area contributed by atoms with Gasteiger partial charge in [-0.2, -0.15) is 0 Å². The van der Waals surface area contributed by atoms with Crippen LogP contribution < -0.4 is 25.1 Å². The molecule has 0 saturated heterocycles. The second-order valence-electron chi connectivity index (χ2n) is 7.22. The van der Waals surface area contributed by atoms with Crippen molar-refractivity contribution in [1.29, 1.82) is 0 Å². The molecule has 0 aliphatic heterocycles. The number of ketones is 1. The molecule has 0 aromatic heterocycles. The van der Waals surface area contributed by atoms with Crippen LogP contribution in [0, 0.1) is 0 Å². The maximum absolute atomic E-state index is 11.9. The van der Waals surface area contributed by atoms with Crippen LogP contribution in [0.15, 0.2) is 78.9 Å². The first-order valence-corrected chi connectivity index (χ1v) is 10.8. The highest BCUT2D eigenvalue weighted by Crippen LogP contribution is 2.18. The molecule has 3 rings (SSSR count). The van der Waals surface area contributed by atoms with Gasteiger partial charge in [-0.25, -0.2) is 0 Å². The maximum Gasteiger partial charge on any atom is 0.276 e. The Morgan fingerprint density at radius 1 is 0.647 bits per heavy atom. The van der Waals surface area contributed by atoms with Crippen molar-refractivity contribution in [2.24, 2.45) is 0 Å². The van der Waals surface area contributed by atoms with Gasteiger partial charge in [0.15, 0.2) is 19.0 Å². The number of carbonyl (C=O) groups excluding carboxylic acids is 3. The molecule has 0 heterocycles. The van der Waals surface area contributed by atoms with E-state index in [-0.39, 0.29) is 19.0 Å². The van der Waals surface area contributed by atoms with Crippen molar-refractivity contribution in [3.8, 4) is 17.2 Å². The molecule has 2 N–H and O–H groups in total. The molecule has 8 heteroatoms. The van der Waals surface area contributed by atoms with Crippen LogP contribution in [0.2, 0.25) is 0 Å². The fourth-order valence-corrected chi connectivity index (χ4v) is 2.82. The van der Waals surface area contributed by atoms with Crippen LogP contribution in [-0.4, -0.2) is 30.8 Å². The number of hydrogen-bond acceptors (Lipinski definition) is 6. The van der Waals surface area contributed by atoms with Crippen molar-refractivity contribution < 1.29 is 28.6 Å². The van der Waals surface area contributed by atoms with Gasteiger partial charge in [-0.1, -0.05) is 37.3 Å². The molecule has 3 aromatic rings. The van der Waals surface area contributed by atoms with E-state index in [2.05, 4.69) is 10.9 Å². The number of carbonyl (C=O) groups is 3. The zero-order valence-electron chi connectivity index (χ0n) is 18.8. The summed E-state index contributed by atoms with van der Waals surface area (Å²) in [6, 6.07) is 23.2. The largest absolute Gasteiger partial charge is 0.489 e. The van der Waals surface area contributed by atoms with Gasteiger partial charge in [0.1, 0.15) is 23.9 Å². The minimum atomic E-state index is -0.540. The van der Waals surface area contributed by atoms with E-state index in [0.29, 0.717) is 35.8 Å². The summed E-state index contributed by atoms with van der Waals surface area (Å²) in [5.41, 5.74) is 6.16. The zero-order valence-corrected chi connectivity index (χ0v) is 18.8. The SMILES string of the molecule is CCC(=O)c1ccc(OCC(=O)NNC(=O)COc2ccc(OCc3ccccc3)cc2)cc1. The van der Waals surface area contributed by atoms with Gasteiger partial charge in [0.2, 0.25) is 0 Å². The molecule has 0 aliphatic rings. The number of amides is 2. The lowest BCUT2D eigenvalue weighted by molar-refractivity contribution is -0.131. The van der Waals surface area contributed by atoms with Crippen molar-refractivity contribution in [1.82, 2.24) is 10.9 Å². The Morgan fingerprint density at radius 2 is 1.12 bits per heavy atom. The van der Waals surface area contributed by atoms with Crippen LogP contribution in [0.4, 0.5) is 0 Å². The Hall–Kier alpha value is -4.33. The molecular weight excluding hydrogens is 436 g/mol. The summed E-state index contributed by atoms with van der Waals surface area (Å²) >= 11 is 0. The van der Waals surface area contributed by atoms with Crippen LogP contribution in [0.3, 0.4) is 0 Å². The molecule has 0 saturated carbocycles. The molecule has 0 radical (unpaired) electrons. The predicted molar refractivity (Wildman–Crippen MR) is 126 cm³/mol. The molecule has 8 nitrogen and oxygen atoms in total. The number of benzene rings is 3. The normalized spacial score (nSPS) is 10.1. The quantitative estimate of drug-likeness (QED) is 0.334. The predicted octanol–water partition coefficient (Wildman–Crippen LogP) is 3.46. The van der Waals surface area contributed by atoms with Crippen LogP contribution in [0.5, 0.6) is 17.2 Å². The van der Waals surface area contributed by atoms with Crippen molar-refractivity contribution in [2.45, 2.75) is 20.0 Å². The lowest BCUT2D eigenvalue weighted by atomic mass is 10.1. The second kappa shape index (κ2) is 12.6. The summed E-state index contributed by atoms with van der Waals surface area (Å²) in [6.45, 7) is 1.66. The highest BCUT2D eigenvalue weighted by atomic mass is 16.5. The lowest BCUT2D eigenvalue weighted by Gasteiger charge is -2.11. The molecule has 2 amide bonds. The Labute approximate surface area is 197 Å². The van der Waals surface area contributed by atoms with Crippen molar-refractivity contribution in [3.63, 3.8) is 0 Å². The summed E-state index contributed by atoms with van der Waals surface area (Å²) in [7, 11) is 0. The van der Waals surface area contributed by atoms with Gasteiger partial charge in [-0.15, -0.1) is 0 Å². The molecule has 0 fully saturated rings. The fourth-order valence-electron chi connectivity index (χ4n) is 2.82. The monoisotopic (exact) mass is 462 g/mol. The molecule has 0 unspecified atom stereocenters. The standard InChI is InChI=1S/C26H26N2O6/c1-2-24(29)20-8-10-21(11-9-20)33-17-25(30)27-28-26(31)18-34-23-14-12-22(13-15-23)32-16-19-6-4-3-5-7-19/h3-15H,2,16-18H2,1H3,(H,27,30)(H,28,31). The van der Waals surface area contributed by atoms with Crippen molar-refractivity contribution in [2.75, 3.05) is 13.2 Å². The highest BCUT2D eigenvalue weighted by molar-refractivity contribution is 5.95. The summed E-state index contributed by atoms with van der Waals surface area (Å²) in [5.74, 6) is 0.568. The smallest absolute Gasteiger partial charge is 0.276 e. The summed E-state index contributed by atoms with van der Waals surface area (Å²) in [5, 5.41) is 0. The number of ether oxygens (including phenoxy) is 3. The number of hydrogen-bond donors (Lipinski definition) is 2.